The van der Waals surface area contributed by atoms with Crippen LogP contribution in [0.5, 0.6) is 0 Å². The second kappa shape index (κ2) is 4.77. The Morgan fingerprint density at radius 1 is 1.18 bits per heavy atom. The van der Waals surface area contributed by atoms with Crippen LogP contribution in [0.3, 0.4) is 0 Å². The molecule has 0 aliphatic heterocycles. The lowest BCUT2D eigenvalue weighted by Gasteiger charge is -2.38. The molecule has 0 bridgehead atoms. The van der Waals surface area contributed by atoms with E-state index in [4.69, 9.17) is 5.73 Å². The second-order valence-electron chi connectivity index (χ2n) is 5.46. The Morgan fingerprint density at radius 2 is 1.82 bits per heavy atom. The molecule has 0 saturated heterocycles. The smallest absolute Gasteiger partial charge is 0.126 e. The normalized spacial score (nSPS) is 19.3. The molecule has 0 heterocycles. The zero-order valence-electron chi connectivity index (χ0n) is 10.9. The lowest BCUT2D eigenvalue weighted by atomic mass is 9.68. The summed E-state index contributed by atoms with van der Waals surface area (Å²) in [5.41, 5.74) is 8.99. The van der Waals surface area contributed by atoms with Crippen molar-refractivity contribution in [3.8, 4) is 0 Å². The molecule has 0 radical (unpaired) electrons. The van der Waals surface area contributed by atoms with Crippen molar-refractivity contribution in [1.29, 1.82) is 0 Å². The van der Waals surface area contributed by atoms with Gasteiger partial charge in [0.25, 0.3) is 0 Å². The van der Waals surface area contributed by atoms with Crippen LogP contribution in [0.4, 0.5) is 4.39 Å². The highest BCUT2D eigenvalue weighted by molar-refractivity contribution is 5.38. The number of rotatable bonds is 2. The van der Waals surface area contributed by atoms with Gasteiger partial charge in [-0.1, -0.05) is 25.3 Å². The van der Waals surface area contributed by atoms with Gasteiger partial charge in [-0.25, -0.2) is 4.39 Å². The van der Waals surface area contributed by atoms with Gasteiger partial charge >= 0.3 is 0 Å². The van der Waals surface area contributed by atoms with Gasteiger partial charge in [0.15, 0.2) is 0 Å². The Labute approximate surface area is 103 Å². The van der Waals surface area contributed by atoms with Crippen LogP contribution in [0.1, 0.15) is 48.8 Å². The van der Waals surface area contributed by atoms with E-state index in [0.29, 0.717) is 6.54 Å². The molecule has 2 heteroatoms. The zero-order chi connectivity index (χ0) is 12.5. The number of hydrogen-bond acceptors (Lipinski definition) is 1. The number of nitrogens with two attached hydrogens (primary N) is 1. The van der Waals surface area contributed by atoms with Crippen molar-refractivity contribution in [3.63, 3.8) is 0 Å². The largest absolute Gasteiger partial charge is 0.330 e. The lowest BCUT2D eigenvalue weighted by Crippen LogP contribution is -2.38. The average molecular weight is 235 g/mol. The first kappa shape index (κ1) is 12.6. The van der Waals surface area contributed by atoms with Crippen molar-refractivity contribution in [2.75, 3.05) is 6.54 Å². The monoisotopic (exact) mass is 235 g/mol. The molecule has 1 saturated carbocycles. The molecule has 0 aromatic heterocycles. The van der Waals surface area contributed by atoms with Crippen molar-refractivity contribution < 1.29 is 4.39 Å². The van der Waals surface area contributed by atoms with Crippen molar-refractivity contribution >= 4 is 0 Å². The van der Waals surface area contributed by atoms with Gasteiger partial charge in [0, 0.05) is 12.0 Å². The van der Waals surface area contributed by atoms with E-state index in [-0.39, 0.29) is 11.2 Å². The minimum Gasteiger partial charge on any atom is -0.330 e. The van der Waals surface area contributed by atoms with Gasteiger partial charge in [0.1, 0.15) is 5.82 Å². The summed E-state index contributed by atoms with van der Waals surface area (Å²) >= 11 is 0. The van der Waals surface area contributed by atoms with Crippen LogP contribution >= 0.6 is 0 Å². The maximum absolute atomic E-state index is 13.9. The Balaban J connectivity index is 2.49. The summed E-state index contributed by atoms with van der Waals surface area (Å²) in [7, 11) is 0. The van der Waals surface area contributed by atoms with Crippen LogP contribution in [0, 0.1) is 19.7 Å². The summed E-state index contributed by atoms with van der Waals surface area (Å²) < 4.78 is 13.9. The molecule has 17 heavy (non-hydrogen) atoms. The minimum absolute atomic E-state index is 0.0230. The third-order valence-electron chi connectivity index (χ3n) is 4.26. The third kappa shape index (κ3) is 2.23. The van der Waals surface area contributed by atoms with E-state index < -0.39 is 0 Å². The number of halogens is 1. The van der Waals surface area contributed by atoms with Crippen LogP contribution in [0.15, 0.2) is 12.1 Å². The van der Waals surface area contributed by atoms with Crippen LogP contribution in [0.25, 0.3) is 0 Å². The molecule has 2 N–H and O–H groups in total. The fourth-order valence-electron chi connectivity index (χ4n) is 3.18. The minimum atomic E-state index is -0.0848. The van der Waals surface area contributed by atoms with Crippen LogP contribution in [-0.2, 0) is 5.41 Å². The molecule has 94 valence electrons. The zero-order valence-corrected chi connectivity index (χ0v) is 10.9. The Hall–Kier alpha value is -0.890. The van der Waals surface area contributed by atoms with Crippen molar-refractivity contribution in [1.82, 2.24) is 0 Å². The molecule has 0 spiro atoms. The lowest BCUT2D eigenvalue weighted by molar-refractivity contribution is 0.298. The Morgan fingerprint density at radius 3 is 2.41 bits per heavy atom. The SMILES string of the molecule is Cc1cc(F)c(C)c(C2(CN)CCCCC2)c1. The predicted octanol–water partition coefficient (Wildman–Crippen LogP) is 3.60. The summed E-state index contributed by atoms with van der Waals surface area (Å²) in [5, 5.41) is 0. The molecular formula is C15H22FN. The number of hydrogen-bond donors (Lipinski definition) is 1. The van der Waals surface area contributed by atoms with Crippen LogP contribution in [0.2, 0.25) is 0 Å². The topological polar surface area (TPSA) is 26.0 Å². The van der Waals surface area contributed by atoms with Gasteiger partial charge in [-0.2, -0.15) is 0 Å². The van der Waals surface area contributed by atoms with Crippen molar-refractivity contribution in [2.45, 2.75) is 51.4 Å². The van der Waals surface area contributed by atoms with Gasteiger partial charge < -0.3 is 5.73 Å². The molecule has 1 aromatic carbocycles. The molecule has 1 aromatic rings. The molecule has 1 aliphatic rings. The highest BCUT2D eigenvalue weighted by atomic mass is 19.1. The van der Waals surface area contributed by atoms with E-state index in [1.54, 1.807) is 6.07 Å². The summed E-state index contributed by atoms with van der Waals surface area (Å²) in [6.07, 6.45) is 5.92. The summed E-state index contributed by atoms with van der Waals surface area (Å²) in [5.74, 6) is -0.0848. The van der Waals surface area contributed by atoms with Gasteiger partial charge in [-0.3, -0.25) is 0 Å². The Kier molecular flexibility index (Phi) is 3.53. The molecule has 1 fully saturated rings. The second-order valence-corrected chi connectivity index (χ2v) is 5.46. The molecule has 2 rings (SSSR count). The van der Waals surface area contributed by atoms with E-state index in [2.05, 4.69) is 6.07 Å². The molecule has 0 amide bonds. The molecule has 1 aliphatic carbocycles. The fourth-order valence-corrected chi connectivity index (χ4v) is 3.18. The van der Waals surface area contributed by atoms with Gasteiger partial charge in [0.05, 0.1) is 0 Å². The standard InChI is InChI=1S/C15H22FN/c1-11-8-13(12(2)14(16)9-11)15(10-17)6-4-3-5-7-15/h8-9H,3-7,10,17H2,1-2H3. The number of aryl methyl sites for hydroxylation is 1. The van der Waals surface area contributed by atoms with Crippen LogP contribution in [-0.4, -0.2) is 6.54 Å². The highest BCUT2D eigenvalue weighted by Gasteiger charge is 2.34. The fraction of sp³-hybridized carbons (Fsp3) is 0.600. The van der Waals surface area contributed by atoms with Gasteiger partial charge in [-0.15, -0.1) is 0 Å². The van der Waals surface area contributed by atoms with Crippen molar-refractivity contribution in [2.24, 2.45) is 5.73 Å². The molecule has 0 atom stereocenters. The van der Waals surface area contributed by atoms with Gasteiger partial charge in [-0.05, 0) is 49.4 Å². The molecular weight excluding hydrogens is 213 g/mol. The predicted molar refractivity (Wildman–Crippen MR) is 69.7 cm³/mol. The first-order valence-electron chi connectivity index (χ1n) is 6.56. The highest BCUT2D eigenvalue weighted by Crippen LogP contribution is 2.40. The van der Waals surface area contributed by atoms with E-state index in [0.717, 1.165) is 29.5 Å². The summed E-state index contributed by atoms with van der Waals surface area (Å²) in [6, 6.07) is 3.75. The number of benzene rings is 1. The quantitative estimate of drug-likeness (QED) is 0.832. The first-order valence-corrected chi connectivity index (χ1v) is 6.56. The Bertz CT molecular complexity index is 406. The summed E-state index contributed by atoms with van der Waals surface area (Å²) in [4.78, 5) is 0. The molecule has 1 nitrogen and oxygen atoms in total. The van der Waals surface area contributed by atoms with Gasteiger partial charge in [0.2, 0.25) is 0 Å². The van der Waals surface area contributed by atoms with Crippen LogP contribution < -0.4 is 5.73 Å². The average Bonchev–Trinajstić information content (AvgIpc) is 2.34. The van der Waals surface area contributed by atoms with E-state index >= 15 is 0 Å². The maximum atomic E-state index is 13.9. The van der Waals surface area contributed by atoms with E-state index in [9.17, 15) is 4.39 Å². The summed E-state index contributed by atoms with van der Waals surface area (Å²) in [6.45, 7) is 4.48. The van der Waals surface area contributed by atoms with Crippen molar-refractivity contribution in [3.05, 3.63) is 34.6 Å². The van der Waals surface area contributed by atoms with E-state index in [1.165, 1.54) is 19.3 Å². The molecule has 0 unspecified atom stereocenters. The maximum Gasteiger partial charge on any atom is 0.126 e. The third-order valence-corrected chi connectivity index (χ3v) is 4.26. The first-order chi connectivity index (χ1) is 8.09. The van der Waals surface area contributed by atoms with E-state index in [1.807, 2.05) is 13.8 Å².